The van der Waals surface area contributed by atoms with Gasteiger partial charge in [0, 0.05) is 37.3 Å². The van der Waals surface area contributed by atoms with E-state index in [1.807, 2.05) is 0 Å². The first-order valence-corrected chi connectivity index (χ1v) is 13.4. The maximum atomic E-state index is 13.0. The Morgan fingerprint density at radius 3 is 2.32 bits per heavy atom. The molecule has 1 aliphatic rings. The van der Waals surface area contributed by atoms with Crippen molar-refractivity contribution in [2.24, 2.45) is 17.8 Å². The van der Waals surface area contributed by atoms with Gasteiger partial charge in [-0.1, -0.05) is 26.7 Å². The Morgan fingerprint density at radius 2 is 1.84 bits per heavy atom. The van der Waals surface area contributed by atoms with Crippen molar-refractivity contribution in [3.8, 4) is 0 Å². The predicted octanol–water partition coefficient (Wildman–Crippen LogP) is 3.82. The molecule has 0 spiro atoms. The number of aromatic nitrogens is 2. The van der Waals surface area contributed by atoms with Gasteiger partial charge in [-0.05, 0) is 58.2 Å². The van der Waals surface area contributed by atoms with Crippen LogP contribution in [0.3, 0.4) is 0 Å². The van der Waals surface area contributed by atoms with Crippen LogP contribution in [0.1, 0.15) is 73.6 Å². The standard InChI is InChI=1S/C26H42N4O6S/c1-8-10-17(11-9-2)21(28-16(3)31)20-19(29-24(33)36-26(4,5)6)14-18(23(32)34-7)22(20)35-25(37)30-13-12-27-15-30/h12-13,15,17-22H,8-11,14H2,1-7H3,(H,28,31)(H,29,33)/t18-,19+,20+,21?,22+/m0/s1. The highest BCUT2D eigenvalue weighted by Gasteiger charge is 2.54. The molecule has 5 atom stereocenters. The molecule has 208 valence electrons. The molecular weight excluding hydrogens is 496 g/mol. The van der Waals surface area contributed by atoms with Gasteiger partial charge in [-0.2, -0.15) is 0 Å². The molecule has 2 rings (SSSR count). The minimum Gasteiger partial charge on any atom is -0.469 e. The Labute approximate surface area is 225 Å². The number of nitrogens with zero attached hydrogens (tertiary/aromatic N) is 2. The van der Waals surface area contributed by atoms with Gasteiger partial charge in [0.2, 0.25) is 5.91 Å². The van der Waals surface area contributed by atoms with Gasteiger partial charge in [0.25, 0.3) is 5.17 Å². The van der Waals surface area contributed by atoms with Crippen LogP contribution in [0.25, 0.3) is 0 Å². The highest BCUT2D eigenvalue weighted by molar-refractivity contribution is 7.80. The summed E-state index contributed by atoms with van der Waals surface area (Å²) in [6.45, 7) is 11.0. The van der Waals surface area contributed by atoms with Crippen LogP contribution in [0.2, 0.25) is 0 Å². The molecule has 0 aromatic carbocycles. The smallest absolute Gasteiger partial charge is 0.407 e. The van der Waals surface area contributed by atoms with Gasteiger partial charge in [-0.25, -0.2) is 9.78 Å². The molecule has 1 aromatic heterocycles. The van der Waals surface area contributed by atoms with Crippen molar-refractivity contribution < 1.29 is 28.6 Å². The first-order chi connectivity index (χ1) is 17.4. The Morgan fingerprint density at radius 1 is 1.19 bits per heavy atom. The fourth-order valence-corrected chi connectivity index (χ4v) is 5.44. The molecule has 1 heterocycles. The summed E-state index contributed by atoms with van der Waals surface area (Å²) in [6.07, 6.45) is 7.15. The quantitative estimate of drug-likeness (QED) is 0.341. The molecule has 0 bridgehead atoms. The van der Waals surface area contributed by atoms with E-state index in [4.69, 9.17) is 26.4 Å². The molecule has 2 N–H and O–H groups in total. The number of nitrogens with one attached hydrogen (secondary N) is 2. The third-order valence-electron chi connectivity index (χ3n) is 6.52. The van der Waals surface area contributed by atoms with Crippen LogP contribution in [0, 0.1) is 17.8 Å². The van der Waals surface area contributed by atoms with Gasteiger partial charge in [-0.15, -0.1) is 0 Å². The van der Waals surface area contributed by atoms with Crippen molar-refractivity contribution in [2.45, 2.75) is 97.4 Å². The lowest BCUT2D eigenvalue weighted by atomic mass is 9.78. The van der Waals surface area contributed by atoms with Gasteiger partial charge in [0.05, 0.1) is 13.0 Å². The number of esters is 1. The van der Waals surface area contributed by atoms with Crippen molar-refractivity contribution in [3.63, 3.8) is 0 Å². The first kappa shape index (κ1) is 30.5. The van der Waals surface area contributed by atoms with E-state index in [9.17, 15) is 14.4 Å². The minimum absolute atomic E-state index is 0.0937. The second-order valence-electron chi connectivity index (χ2n) is 10.6. The fraction of sp³-hybridized carbons (Fsp3) is 0.731. The number of hydrogen-bond acceptors (Lipinski definition) is 8. The molecule has 10 nitrogen and oxygen atoms in total. The molecule has 11 heteroatoms. The van der Waals surface area contributed by atoms with Gasteiger partial charge in [0.15, 0.2) is 0 Å². The van der Waals surface area contributed by atoms with Gasteiger partial charge >= 0.3 is 12.1 Å². The monoisotopic (exact) mass is 538 g/mol. The summed E-state index contributed by atoms with van der Waals surface area (Å²) < 4.78 is 18.5. The van der Waals surface area contributed by atoms with Crippen LogP contribution in [0.15, 0.2) is 18.7 Å². The van der Waals surface area contributed by atoms with E-state index in [2.05, 4.69) is 29.5 Å². The molecule has 1 aromatic rings. The average Bonchev–Trinajstić information content (AvgIpc) is 3.44. The minimum atomic E-state index is -0.768. The summed E-state index contributed by atoms with van der Waals surface area (Å²) in [5, 5.41) is 6.21. The highest BCUT2D eigenvalue weighted by Crippen LogP contribution is 2.41. The lowest BCUT2D eigenvalue weighted by Crippen LogP contribution is -2.55. The van der Waals surface area contributed by atoms with E-state index in [1.54, 1.807) is 37.7 Å². The zero-order valence-electron chi connectivity index (χ0n) is 23.0. The molecular formula is C26H42N4O6S. The Hall–Kier alpha value is -2.69. The number of alkyl carbamates (subject to hydrolysis) is 1. The zero-order chi connectivity index (χ0) is 27.8. The van der Waals surface area contributed by atoms with Crippen LogP contribution in [-0.4, -0.2) is 63.6 Å². The summed E-state index contributed by atoms with van der Waals surface area (Å²) in [4.78, 5) is 42.3. The van der Waals surface area contributed by atoms with Crippen LogP contribution in [-0.2, 0) is 23.8 Å². The SMILES string of the molecule is CCCC(CCC)C(NC(C)=O)[C@@H]1[C@H](OC(=S)n2ccnc2)[C@@H](C(=O)OC)C[C@H]1NC(=O)OC(C)(C)C. The zero-order valence-corrected chi connectivity index (χ0v) is 23.8. The van der Waals surface area contributed by atoms with E-state index in [0.29, 0.717) is 0 Å². The van der Waals surface area contributed by atoms with Crippen molar-refractivity contribution in [2.75, 3.05) is 7.11 Å². The van der Waals surface area contributed by atoms with Crippen LogP contribution >= 0.6 is 12.2 Å². The van der Waals surface area contributed by atoms with Crippen LogP contribution < -0.4 is 10.6 Å². The largest absolute Gasteiger partial charge is 0.469 e. The van der Waals surface area contributed by atoms with E-state index in [0.717, 1.165) is 25.7 Å². The van der Waals surface area contributed by atoms with Crippen molar-refractivity contribution in [3.05, 3.63) is 18.7 Å². The molecule has 0 aliphatic heterocycles. The van der Waals surface area contributed by atoms with Crippen molar-refractivity contribution >= 4 is 35.4 Å². The molecule has 0 radical (unpaired) electrons. The Bertz CT molecular complexity index is 911. The lowest BCUT2D eigenvalue weighted by molar-refractivity contribution is -0.148. The van der Waals surface area contributed by atoms with Gasteiger partial charge in [0.1, 0.15) is 18.0 Å². The first-order valence-electron chi connectivity index (χ1n) is 12.9. The molecule has 1 aliphatic carbocycles. The molecule has 1 unspecified atom stereocenters. The summed E-state index contributed by atoms with van der Waals surface area (Å²) >= 11 is 5.53. The second kappa shape index (κ2) is 13.7. The number of imidazole rings is 1. The average molecular weight is 539 g/mol. The third kappa shape index (κ3) is 8.69. The van der Waals surface area contributed by atoms with Gasteiger partial charge < -0.3 is 24.8 Å². The molecule has 1 saturated carbocycles. The number of carbonyl (C=O) groups is 3. The summed E-state index contributed by atoms with van der Waals surface area (Å²) in [5.74, 6) is -1.78. The van der Waals surface area contributed by atoms with Crippen LogP contribution in [0.5, 0.6) is 0 Å². The summed E-state index contributed by atoms with van der Waals surface area (Å²) in [7, 11) is 1.32. The number of ether oxygens (including phenoxy) is 3. The van der Waals surface area contributed by atoms with Crippen molar-refractivity contribution in [1.29, 1.82) is 0 Å². The summed E-state index contributed by atoms with van der Waals surface area (Å²) in [6, 6.07) is -0.926. The number of amides is 2. The van der Waals surface area contributed by atoms with Gasteiger partial charge in [-0.3, -0.25) is 14.2 Å². The second-order valence-corrected chi connectivity index (χ2v) is 10.9. The lowest BCUT2D eigenvalue weighted by Gasteiger charge is -2.38. The molecule has 1 fully saturated rings. The van der Waals surface area contributed by atoms with E-state index < -0.39 is 41.6 Å². The van der Waals surface area contributed by atoms with Crippen LogP contribution in [0.4, 0.5) is 4.79 Å². The van der Waals surface area contributed by atoms with E-state index in [1.165, 1.54) is 20.4 Å². The Balaban J connectivity index is 2.57. The fourth-order valence-electron chi connectivity index (χ4n) is 5.23. The number of carbonyl (C=O) groups excluding carboxylic acids is 3. The molecule has 37 heavy (non-hydrogen) atoms. The molecule has 0 saturated heterocycles. The highest BCUT2D eigenvalue weighted by atomic mass is 32.1. The maximum Gasteiger partial charge on any atom is 0.407 e. The predicted molar refractivity (Wildman–Crippen MR) is 143 cm³/mol. The number of methoxy groups -OCH3 is 1. The number of rotatable bonds is 10. The number of thiocarbonyl (C=S) groups is 1. The Kier molecular flexibility index (Phi) is 11.3. The number of hydrogen-bond donors (Lipinski definition) is 2. The van der Waals surface area contributed by atoms with Crippen molar-refractivity contribution in [1.82, 2.24) is 20.2 Å². The van der Waals surface area contributed by atoms with E-state index in [-0.39, 0.29) is 29.5 Å². The topological polar surface area (TPSA) is 121 Å². The summed E-state index contributed by atoms with van der Waals surface area (Å²) in [5.41, 5.74) is -0.706. The normalized spacial score (nSPS) is 22.3. The third-order valence-corrected chi connectivity index (χ3v) is 6.83. The van der Waals surface area contributed by atoms with E-state index >= 15 is 0 Å². The maximum absolute atomic E-state index is 13.0. The molecule has 2 amide bonds.